The van der Waals surface area contributed by atoms with Crippen LogP contribution in [0.5, 0.6) is 5.75 Å². The molecular formula is C23H27FN2O3. The number of methoxy groups -OCH3 is 1. The van der Waals surface area contributed by atoms with Gasteiger partial charge in [-0.25, -0.2) is 4.39 Å². The summed E-state index contributed by atoms with van der Waals surface area (Å²) >= 11 is 0. The largest absolute Gasteiger partial charge is 0.494 e. The van der Waals surface area contributed by atoms with E-state index in [0.29, 0.717) is 24.7 Å². The Morgan fingerprint density at radius 3 is 2.69 bits per heavy atom. The van der Waals surface area contributed by atoms with Crippen LogP contribution < -0.4 is 4.74 Å². The predicted molar refractivity (Wildman–Crippen MR) is 110 cm³/mol. The molecule has 2 aromatic carbocycles. The molecule has 3 aromatic rings. The van der Waals surface area contributed by atoms with Crippen LogP contribution in [0.1, 0.15) is 36.4 Å². The first-order valence-electron chi connectivity index (χ1n) is 10.2. The van der Waals surface area contributed by atoms with E-state index in [4.69, 9.17) is 14.0 Å². The lowest BCUT2D eigenvalue weighted by Crippen LogP contribution is -2.34. The molecule has 0 radical (unpaired) electrons. The van der Waals surface area contributed by atoms with Crippen molar-refractivity contribution in [1.29, 1.82) is 0 Å². The van der Waals surface area contributed by atoms with Crippen molar-refractivity contribution >= 4 is 11.0 Å². The quantitative estimate of drug-likeness (QED) is 0.512. The van der Waals surface area contributed by atoms with E-state index in [9.17, 15) is 4.39 Å². The van der Waals surface area contributed by atoms with E-state index in [2.05, 4.69) is 10.1 Å². The van der Waals surface area contributed by atoms with Crippen LogP contribution in [0.25, 0.3) is 11.0 Å². The maximum Gasteiger partial charge on any atom is 0.170 e. The number of halogens is 1. The number of rotatable bonds is 8. The lowest BCUT2D eigenvalue weighted by molar-refractivity contribution is 0.184. The first-order valence-corrected chi connectivity index (χ1v) is 10.2. The zero-order chi connectivity index (χ0) is 20.1. The molecule has 1 fully saturated rings. The zero-order valence-corrected chi connectivity index (χ0v) is 16.8. The van der Waals surface area contributed by atoms with Crippen LogP contribution in [-0.2, 0) is 11.3 Å². The minimum atomic E-state index is -0.289. The Bertz CT molecular complexity index is 918. The van der Waals surface area contributed by atoms with E-state index >= 15 is 0 Å². The van der Waals surface area contributed by atoms with Crippen LogP contribution >= 0.6 is 0 Å². The van der Waals surface area contributed by atoms with E-state index in [0.717, 1.165) is 61.3 Å². The van der Waals surface area contributed by atoms with Gasteiger partial charge in [-0.1, -0.05) is 17.3 Å². The molecule has 4 rings (SSSR count). The average molecular weight is 398 g/mol. The number of nitrogens with zero attached hydrogens (tertiary/aromatic N) is 2. The number of likely N-dealkylation sites (tertiary alicyclic amines) is 1. The van der Waals surface area contributed by atoms with Crippen molar-refractivity contribution in [3.8, 4) is 5.75 Å². The third kappa shape index (κ3) is 4.95. The molecule has 0 unspecified atom stereocenters. The van der Waals surface area contributed by atoms with Crippen LogP contribution in [-0.4, -0.2) is 43.4 Å². The van der Waals surface area contributed by atoms with Gasteiger partial charge in [0.25, 0.3) is 0 Å². The first-order chi connectivity index (χ1) is 14.2. The van der Waals surface area contributed by atoms with Crippen molar-refractivity contribution in [2.75, 3.05) is 33.4 Å². The van der Waals surface area contributed by atoms with Gasteiger partial charge < -0.3 is 18.9 Å². The van der Waals surface area contributed by atoms with Crippen LogP contribution in [0.2, 0.25) is 0 Å². The van der Waals surface area contributed by atoms with Gasteiger partial charge in [-0.05, 0) is 62.2 Å². The second-order valence-corrected chi connectivity index (χ2v) is 7.60. The van der Waals surface area contributed by atoms with E-state index in [1.54, 1.807) is 13.2 Å². The minimum Gasteiger partial charge on any atom is -0.494 e. The first kappa shape index (κ1) is 19.9. The molecule has 0 saturated carbocycles. The summed E-state index contributed by atoms with van der Waals surface area (Å²) in [5.74, 6) is 0.987. The molecule has 0 bridgehead atoms. The number of hydrogen-bond donors (Lipinski definition) is 0. The van der Waals surface area contributed by atoms with Crippen LogP contribution in [0.15, 0.2) is 47.0 Å². The van der Waals surface area contributed by atoms with Crippen LogP contribution in [0.3, 0.4) is 0 Å². The van der Waals surface area contributed by atoms with Gasteiger partial charge in [-0.15, -0.1) is 0 Å². The topological polar surface area (TPSA) is 47.7 Å². The van der Waals surface area contributed by atoms with E-state index in [-0.39, 0.29) is 5.82 Å². The Hall–Kier alpha value is -2.44. The van der Waals surface area contributed by atoms with E-state index in [1.165, 1.54) is 12.1 Å². The zero-order valence-electron chi connectivity index (χ0n) is 16.8. The van der Waals surface area contributed by atoms with Crippen molar-refractivity contribution in [3.05, 3.63) is 59.5 Å². The standard InChI is InChI=1S/C23H27FN2O3/c1-27-16-17-3-6-20(7-4-17)28-14-2-11-26-12-9-18(10-13-26)23-21-8-5-19(24)15-22(21)29-25-23/h3-8,15,18H,2,9-14,16H2,1H3. The molecule has 1 aliphatic heterocycles. The lowest BCUT2D eigenvalue weighted by atomic mass is 9.91. The van der Waals surface area contributed by atoms with E-state index in [1.807, 2.05) is 24.3 Å². The van der Waals surface area contributed by atoms with Gasteiger partial charge in [0.2, 0.25) is 0 Å². The predicted octanol–water partition coefficient (Wildman–Crippen LogP) is 4.76. The van der Waals surface area contributed by atoms with Crippen LogP contribution in [0.4, 0.5) is 4.39 Å². The summed E-state index contributed by atoms with van der Waals surface area (Å²) in [6.45, 7) is 4.43. The average Bonchev–Trinajstić information content (AvgIpc) is 3.16. The number of benzene rings is 2. The molecule has 0 amide bonds. The fourth-order valence-electron chi connectivity index (χ4n) is 3.98. The summed E-state index contributed by atoms with van der Waals surface area (Å²) in [7, 11) is 1.70. The Labute approximate surface area is 170 Å². The molecule has 5 nitrogen and oxygen atoms in total. The summed E-state index contributed by atoms with van der Waals surface area (Å²) in [6, 6.07) is 12.7. The monoisotopic (exact) mass is 398 g/mol. The molecule has 6 heteroatoms. The van der Waals surface area contributed by atoms with Crippen molar-refractivity contribution < 1.29 is 18.4 Å². The maximum atomic E-state index is 13.3. The summed E-state index contributed by atoms with van der Waals surface area (Å²) in [5, 5.41) is 5.16. The number of piperidine rings is 1. The van der Waals surface area contributed by atoms with Gasteiger partial charge in [-0.3, -0.25) is 0 Å². The molecule has 2 heterocycles. The molecular weight excluding hydrogens is 371 g/mol. The van der Waals surface area contributed by atoms with Gasteiger partial charge in [-0.2, -0.15) is 0 Å². The third-order valence-electron chi connectivity index (χ3n) is 5.56. The second-order valence-electron chi connectivity index (χ2n) is 7.60. The highest BCUT2D eigenvalue weighted by molar-refractivity contribution is 5.79. The van der Waals surface area contributed by atoms with Gasteiger partial charge in [0.05, 0.1) is 18.9 Å². The maximum absolute atomic E-state index is 13.3. The lowest BCUT2D eigenvalue weighted by Gasteiger charge is -2.31. The molecule has 0 N–H and O–H groups in total. The SMILES string of the molecule is COCc1ccc(OCCCN2CCC(c3noc4cc(F)ccc34)CC2)cc1. The molecule has 0 aliphatic carbocycles. The number of hydrogen-bond acceptors (Lipinski definition) is 5. The fraction of sp³-hybridized carbons (Fsp3) is 0.435. The Morgan fingerprint density at radius 2 is 1.93 bits per heavy atom. The van der Waals surface area contributed by atoms with Crippen molar-refractivity contribution in [1.82, 2.24) is 10.1 Å². The van der Waals surface area contributed by atoms with Gasteiger partial charge in [0.1, 0.15) is 11.6 Å². The smallest absolute Gasteiger partial charge is 0.170 e. The second kappa shape index (κ2) is 9.37. The van der Waals surface area contributed by atoms with E-state index < -0.39 is 0 Å². The molecule has 154 valence electrons. The highest BCUT2D eigenvalue weighted by atomic mass is 19.1. The van der Waals surface area contributed by atoms with Crippen molar-refractivity contribution in [2.24, 2.45) is 0 Å². The fourth-order valence-corrected chi connectivity index (χ4v) is 3.98. The number of fused-ring (bicyclic) bond motifs is 1. The molecule has 0 spiro atoms. The van der Waals surface area contributed by atoms with Gasteiger partial charge >= 0.3 is 0 Å². The Kier molecular flexibility index (Phi) is 6.42. The molecule has 29 heavy (non-hydrogen) atoms. The number of aromatic nitrogens is 1. The Morgan fingerprint density at radius 1 is 1.14 bits per heavy atom. The summed E-state index contributed by atoms with van der Waals surface area (Å²) in [6.07, 6.45) is 3.08. The summed E-state index contributed by atoms with van der Waals surface area (Å²) < 4.78 is 29.6. The molecule has 1 aromatic heterocycles. The summed E-state index contributed by atoms with van der Waals surface area (Å²) in [4.78, 5) is 2.48. The van der Waals surface area contributed by atoms with Crippen molar-refractivity contribution in [3.63, 3.8) is 0 Å². The Balaban J connectivity index is 1.20. The highest BCUT2D eigenvalue weighted by Crippen LogP contribution is 2.32. The number of ether oxygens (including phenoxy) is 2. The molecule has 1 saturated heterocycles. The normalized spacial score (nSPS) is 15.8. The minimum absolute atomic E-state index is 0.289. The van der Waals surface area contributed by atoms with Gasteiger partial charge in [0, 0.05) is 31.0 Å². The molecule has 1 aliphatic rings. The van der Waals surface area contributed by atoms with Gasteiger partial charge in [0.15, 0.2) is 5.58 Å². The summed E-state index contributed by atoms with van der Waals surface area (Å²) in [5.41, 5.74) is 2.66. The van der Waals surface area contributed by atoms with Crippen molar-refractivity contribution in [2.45, 2.75) is 31.8 Å². The molecule has 0 atom stereocenters. The highest BCUT2D eigenvalue weighted by Gasteiger charge is 2.24. The van der Waals surface area contributed by atoms with Crippen LogP contribution in [0, 0.1) is 5.82 Å². The third-order valence-corrected chi connectivity index (χ3v) is 5.56.